The highest BCUT2D eigenvalue weighted by Gasteiger charge is 2.17. The van der Waals surface area contributed by atoms with E-state index in [9.17, 15) is 4.79 Å². The molecule has 1 unspecified atom stereocenters. The van der Waals surface area contributed by atoms with E-state index in [0.717, 1.165) is 6.42 Å². The fraction of sp³-hybridized carbons (Fsp3) is 0.778. The number of carbonyl (C=O) groups excluding carboxylic acids is 1. The van der Waals surface area contributed by atoms with Crippen LogP contribution in [0.5, 0.6) is 0 Å². The van der Waals surface area contributed by atoms with Crippen molar-refractivity contribution in [2.75, 3.05) is 26.8 Å². The largest absolute Gasteiger partial charge is 0.383 e. The van der Waals surface area contributed by atoms with E-state index in [4.69, 9.17) is 17.0 Å². The molecule has 0 radical (unpaired) electrons. The molecule has 1 amide bonds. The Morgan fingerprint density at radius 2 is 2.53 bits per heavy atom. The lowest BCUT2D eigenvalue weighted by molar-refractivity contribution is -0.122. The average Bonchev–Trinajstić information content (AvgIpc) is 2.22. The van der Waals surface area contributed by atoms with Crippen LogP contribution in [0.15, 0.2) is 0 Å². The first-order chi connectivity index (χ1) is 7.22. The van der Waals surface area contributed by atoms with Crippen molar-refractivity contribution in [2.24, 2.45) is 0 Å². The molecule has 5 nitrogen and oxygen atoms in total. The molecule has 1 atom stereocenters. The van der Waals surface area contributed by atoms with E-state index < -0.39 is 0 Å². The second kappa shape index (κ2) is 6.58. The number of ether oxygens (including phenoxy) is 1. The molecule has 3 N–H and O–H groups in total. The minimum atomic E-state index is 0.117. The van der Waals surface area contributed by atoms with Gasteiger partial charge in [0.05, 0.1) is 6.61 Å². The van der Waals surface area contributed by atoms with Crippen molar-refractivity contribution in [2.45, 2.75) is 18.9 Å². The smallest absolute Gasteiger partial charge is 0.220 e. The lowest BCUT2D eigenvalue weighted by Gasteiger charge is -2.24. The van der Waals surface area contributed by atoms with E-state index >= 15 is 0 Å². The van der Waals surface area contributed by atoms with Gasteiger partial charge in [0, 0.05) is 32.7 Å². The molecule has 1 heterocycles. The van der Waals surface area contributed by atoms with Gasteiger partial charge in [-0.25, -0.2) is 0 Å². The van der Waals surface area contributed by atoms with Crippen LogP contribution in [-0.2, 0) is 9.53 Å². The summed E-state index contributed by atoms with van der Waals surface area (Å²) in [7, 11) is 1.65. The maximum Gasteiger partial charge on any atom is 0.220 e. The molecule has 0 aromatic rings. The monoisotopic (exact) mass is 231 g/mol. The lowest BCUT2D eigenvalue weighted by Crippen LogP contribution is -2.50. The van der Waals surface area contributed by atoms with Crippen LogP contribution in [0, 0.1) is 0 Å². The summed E-state index contributed by atoms with van der Waals surface area (Å²) < 4.78 is 4.89. The van der Waals surface area contributed by atoms with Gasteiger partial charge in [-0.1, -0.05) is 0 Å². The summed E-state index contributed by atoms with van der Waals surface area (Å²) in [5, 5.41) is 9.58. The topological polar surface area (TPSA) is 62.4 Å². The minimum Gasteiger partial charge on any atom is -0.383 e. The van der Waals surface area contributed by atoms with Gasteiger partial charge in [-0.3, -0.25) is 4.79 Å². The van der Waals surface area contributed by atoms with Gasteiger partial charge in [0.2, 0.25) is 5.91 Å². The van der Waals surface area contributed by atoms with Gasteiger partial charge in [0.25, 0.3) is 0 Å². The highest BCUT2D eigenvalue weighted by atomic mass is 32.1. The summed E-state index contributed by atoms with van der Waals surface area (Å²) in [6.45, 7) is 1.97. The zero-order chi connectivity index (χ0) is 11.1. The Morgan fingerprint density at radius 3 is 3.13 bits per heavy atom. The predicted molar refractivity (Wildman–Crippen MR) is 61.6 cm³/mol. The number of methoxy groups -OCH3 is 1. The number of hydrogen-bond acceptors (Lipinski definition) is 3. The molecule has 0 aromatic carbocycles. The number of rotatable bonds is 4. The standard InChI is InChI=1S/C9H17N3O2S/c1-14-5-4-10-9(15)12-7-2-3-8(13)11-6-7/h7H,2-6H2,1H3,(H,11,13)(H2,10,12,15). The van der Waals surface area contributed by atoms with Gasteiger partial charge in [0.1, 0.15) is 0 Å². The van der Waals surface area contributed by atoms with Crippen molar-refractivity contribution in [3.63, 3.8) is 0 Å². The predicted octanol–water partition coefficient (Wildman–Crippen LogP) is -0.624. The summed E-state index contributed by atoms with van der Waals surface area (Å²) in [6.07, 6.45) is 1.40. The molecule has 6 heteroatoms. The quantitative estimate of drug-likeness (QED) is 0.444. The number of carbonyl (C=O) groups is 1. The zero-order valence-electron chi connectivity index (χ0n) is 8.84. The molecule has 1 fully saturated rings. The van der Waals surface area contributed by atoms with Gasteiger partial charge < -0.3 is 20.7 Å². The van der Waals surface area contributed by atoms with Crippen molar-refractivity contribution in [3.8, 4) is 0 Å². The van der Waals surface area contributed by atoms with E-state index in [1.165, 1.54) is 0 Å². The first kappa shape index (κ1) is 12.2. The summed E-state index contributed by atoms with van der Waals surface area (Å²) >= 11 is 5.09. The molecular weight excluding hydrogens is 214 g/mol. The Bertz CT molecular complexity index is 225. The Balaban J connectivity index is 2.12. The Kier molecular flexibility index (Phi) is 5.34. The molecule has 1 aliphatic rings. The maximum atomic E-state index is 10.9. The molecule has 1 rings (SSSR count). The van der Waals surface area contributed by atoms with E-state index in [-0.39, 0.29) is 11.9 Å². The number of nitrogens with one attached hydrogen (secondary N) is 3. The van der Waals surface area contributed by atoms with Gasteiger partial charge in [0.15, 0.2) is 5.11 Å². The van der Waals surface area contributed by atoms with Crippen molar-refractivity contribution < 1.29 is 9.53 Å². The molecular formula is C9H17N3O2S. The molecule has 1 saturated heterocycles. The first-order valence-electron chi connectivity index (χ1n) is 5.02. The molecule has 0 aromatic heterocycles. The van der Waals surface area contributed by atoms with Gasteiger partial charge in [-0.05, 0) is 18.6 Å². The van der Waals surface area contributed by atoms with Crippen LogP contribution >= 0.6 is 12.2 Å². The van der Waals surface area contributed by atoms with Gasteiger partial charge >= 0.3 is 0 Å². The third-order valence-electron chi connectivity index (χ3n) is 2.19. The minimum absolute atomic E-state index is 0.117. The number of piperidine rings is 1. The third kappa shape index (κ3) is 4.94. The van der Waals surface area contributed by atoms with E-state index in [0.29, 0.717) is 31.2 Å². The Labute approximate surface area is 94.9 Å². The second-order valence-electron chi connectivity index (χ2n) is 3.43. The molecule has 15 heavy (non-hydrogen) atoms. The van der Waals surface area contributed by atoms with Crippen LogP contribution in [0.4, 0.5) is 0 Å². The summed E-state index contributed by atoms with van der Waals surface area (Å²) in [5.74, 6) is 0.117. The summed E-state index contributed by atoms with van der Waals surface area (Å²) in [6, 6.07) is 0.241. The molecule has 0 saturated carbocycles. The van der Waals surface area contributed by atoms with Crippen LogP contribution in [0.2, 0.25) is 0 Å². The number of amides is 1. The SMILES string of the molecule is COCCNC(=S)NC1CCC(=O)NC1. The maximum absolute atomic E-state index is 10.9. The zero-order valence-corrected chi connectivity index (χ0v) is 9.65. The third-order valence-corrected chi connectivity index (χ3v) is 2.45. The highest BCUT2D eigenvalue weighted by molar-refractivity contribution is 7.80. The number of thiocarbonyl (C=S) groups is 1. The molecule has 0 spiro atoms. The summed E-state index contributed by atoms with van der Waals surface area (Å²) in [4.78, 5) is 10.9. The van der Waals surface area contributed by atoms with Crippen LogP contribution in [0.1, 0.15) is 12.8 Å². The van der Waals surface area contributed by atoms with Crippen molar-refractivity contribution >= 4 is 23.2 Å². The van der Waals surface area contributed by atoms with Gasteiger partial charge in [-0.15, -0.1) is 0 Å². The average molecular weight is 231 g/mol. The fourth-order valence-corrected chi connectivity index (χ4v) is 1.63. The second-order valence-corrected chi connectivity index (χ2v) is 3.84. The van der Waals surface area contributed by atoms with Gasteiger partial charge in [-0.2, -0.15) is 0 Å². The van der Waals surface area contributed by atoms with E-state index in [1.54, 1.807) is 7.11 Å². The molecule has 0 aliphatic carbocycles. The fourth-order valence-electron chi connectivity index (χ4n) is 1.36. The van der Waals surface area contributed by atoms with E-state index in [2.05, 4.69) is 16.0 Å². The molecule has 0 bridgehead atoms. The Morgan fingerprint density at radius 1 is 1.73 bits per heavy atom. The first-order valence-corrected chi connectivity index (χ1v) is 5.43. The molecule has 86 valence electrons. The highest BCUT2D eigenvalue weighted by Crippen LogP contribution is 2.01. The van der Waals surface area contributed by atoms with Crippen LogP contribution in [0.3, 0.4) is 0 Å². The summed E-state index contributed by atoms with van der Waals surface area (Å²) in [5.41, 5.74) is 0. The van der Waals surface area contributed by atoms with Crippen LogP contribution in [0.25, 0.3) is 0 Å². The number of hydrogen-bond donors (Lipinski definition) is 3. The molecule has 1 aliphatic heterocycles. The normalized spacial score (nSPS) is 20.6. The van der Waals surface area contributed by atoms with Crippen LogP contribution < -0.4 is 16.0 Å². The van der Waals surface area contributed by atoms with E-state index in [1.807, 2.05) is 0 Å². The van der Waals surface area contributed by atoms with Crippen molar-refractivity contribution in [1.82, 2.24) is 16.0 Å². The Hall–Kier alpha value is -0.880. The van der Waals surface area contributed by atoms with Crippen molar-refractivity contribution in [3.05, 3.63) is 0 Å². The van der Waals surface area contributed by atoms with Crippen molar-refractivity contribution in [1.29, 1.82) is 0 Å². The lowest BCUT2D eigenvalue weighted by atomic mass is 10.1. The van der Waals surface area contributed by atoms with Crippen LogP contribution in [-0.4, -0.2) is 43.9 Å².